The molecule has 0 atom stereocenters. The van der Waals surface area contributed by atoms with E-state index in [1.807, 2.05) is 0 Å². The van der Waals surface area contributed by atoms with E-state index in [1.165, 1.54) is 18.3 Å². The van der Waals surface area contributed by atoms with Crippen molar-refractivity contribution in [1.82, 2.24) is 9.97 Å². The second-order valence-corrected chi connectivity index (χ2v) is 5.80. The maximum atomic E-state index is 12.8. The van der Waals surface area contributed by atoms with Gasteiger partial charge >= 0.3 is 5.69 Å². The summed E-state index contributed by atoms with van der Waals surface area (Å²) in [6.07, 6.45) is 3.18. The Hall–Kier alpha value is -2.97. The Morgan fingerprint density at radius 1 is 1.40 bits per heavy atom. The molecule has 0 amide bonds. The van der Waals surface area contributed by atoms with Gasteiger partial charge in [0.25, 0.3) is 0 Å². The lowest BCUT2D eigenvalue weighted by Crippen LogP contribution is -2.26. The minimum atomic E-state index is -0.494. The third kappa shape index (κ3) is 4.52. The fourth-order valence-electron chi connectivity index (χ4n) is 2.14. The van der Waals surface area contributed by atoms with Crippen LogP contribution in [0.15, 0.2) is 30.5 Å². The van der Waals surface area contributed by atoms with Gasteiger partial charge in [-0.15, -0.1) is 0 Å². The van der Waals surface area contributed by atoms with Crippen LogP contribution >= 0.6 is 0 Å². The van der Waals surface area contributed by atoms with Crippen molar-refractivity contribution in [2.45, 2.75) is 18.9 Å². The van der Waals surface area contributed by atoms with E-state index in [-0.39, 0.29) is 23.4 Å². The summed E-state index contributed by atoms with van der Waals surface area (Å²) in [7, 11) is 1.77. The molecule has 132 valence electrons. The maximum absolute atomic E-state index is 12.8. The number of nitro groups is 1. The number of hydrogen-bond donors (Lipinski definition) is 1. The normalized spacial score (nSPS) is 13.4. The van der Waals surface area contributed by atoms with Gasteiger partial charge < -0.3 is 15.0 Å². The van der Waals surface area contributed by atoms with Gasteiger partial charge in [0.1, 0.15) is 24.4 Å². The van der Waals surface area contributed by atoms with Crippen molar-refractivity contribution in [2.75, 3.05) is 30.4 Å². The molecule has 0 unspecified atom stereocenters. The highest BCUT2D eigenvalue weighted by Crippen LogP contribution is 2.29. The topological polar surface area (TPSA) is 93.4 Å². The van der Waals surface area contributed by atoms with Crippen molar-refractivity contribution in [3.05, 3.63) is 46.4 Å². The summed E-state index contributed by atoms with van der Waals surface area (Å²) in [5.74, 6) is 0.857. The van der Waals surface area contributed by atoms with Gasteiger partial charge in [-0.2, -0.15) is 4.98 Å². The van der Waals surface area contributed by atoms with E-state index in [4.69, 9.17) is 4.74 Å². The van der Waals surface area contributed by atoms with E-state index >= 15 is 0 Å². The first-order valence-corrected chi connectivity index (χ1v) is 7.90. The zero-order valence-electron chi connectivity index (χ0n) is 13.7. The molecule has 3 rings (SSSR count). The highest BCUT2D eigenvalue weighted by atomic mass is 19.1. The highest BCUT2D eigenvalue weighted by Gasteiger charge is 2.27. The van der Waals surface area contributed by atoms with Gasteiger partial charge in [-0.25, -0.2) is 9.37 Å². The average molecular weight is 347 g/mol. The van der Waals surface area contributed by atoms with Gasteiger partial charge in [0.2, 0.25) is 11.8 Å². The first kappa shape index (κ1) is 16.9. The standard InChI is InChI=1S/C16H18FN5O3/c1-21(8-9-25-13-6-2-11(17)3-7-13)16-18-10-14(22(23)24)15(20-16)19-12-4-5-12/h2-3,6-7,10,12H,4-5,8-9H2,1H3,(H,18,19,20). The minimum Gasteiger partial charge on any atom is -0.492 e. The van der Waals surface area contributed by atoms with Crippen LogP contribution in [0, 0.1) is 15.9 Å². The van der Waals surface area contributed by atoms with Gasteiger partial charge in [-0.05, 0) is 37.1 Å². The van der Waals surface area contributed by atoms with Crippen molar-refractivity contribution >= 4 is 17.5 Å². The van der Waals surface area contributed by atoms with E-state index in [0.717, 1.165) is 12.8 Å². The monoisotopic (exact) mass is 347 g/mol. The molecular formula is C16H18FN5O3. The van der Waals surface area contributed by atoms with Gasteiger partial charge in [-0.3, -0.25) is 10.1 Å². The number of hydrogen-bond acceptors (Lipinski definition) is 7. The molecule has 1 aliphatic carbocycles. The van der Waals surface area contributed by atoms with E-state index in [2.05, 4.69) is 15.3 Å². The quantitative estimate of drug-likeness (QED) is 0.579. The van der Waals surface area contributed by atoms with Gasteiger partial charge in [0.15, 0.2) is 0 Å². The molecule has 0 saturated heterocycles. The molecule has 0 radical (unpaired) electrons. The van der Waals surface area contributed by atoms with Crippen LogP contribution in [0.5, 0.6) is 5.75 Å². The number of halogens is 1. The fraction of sp³-hybridized carbons (Fsp3) is 0.375. The van der Waals surface area contributed by atoms with E-state index in [1.54, 1.807) is 24.1 Å². The maximum Gasteiger partial charge on any atom is 0.329 e. The average Bonchev–Trinajstić information content (AvgIpc) is 3.40. The van der Waals surface area contributed by atoms with Crippen LogP contribution in [0.4, 0.5) is 21.8 Å². The predicted molar refractivity (Wildman–Crippen MR) is 90.5 cm³/mol. The van der Waals surface area contributed by atoms with Crippen LogP contribution in [0.25, 0.3) is 0 Å². The highest BCUT2D eigenvalue weighted by molar-refractivity contribution is 5.58. The summed E-state index contributed by atoms with van der Waals surface area (Å²) in [5.41, 5.74) is -0.133. The molecule has 1 aliphatic rings. The molecule has 0 spiro atoms. The van der Waals surface area contributed by atoms with Gasteiger partial charge in [0.05, 0.1) is 11.5 Å². The zero-order valence-corrected chi connectivity index (χ0v) is 13.7. The molecule has 1 aromatic heterocycles. The summed E-state index contributed by atoms with van der Waals surface area (Å²) in [6, 6.07) is 6.00. The zero-order chi connectivity index (χ0) is 17.8. The van der Waals surface area contributed by atoms with Crippen LogP contribution in [0.3, 0.4) is 0 Å². The Morgan fingerprint density at radius 2 is 2.12 bits per heavy atom. The second kappa shape index (κ2) is 7.29. The number of nitrogens with one attached hydrogen (secondary N) is 1. The SMILES string of the molecule is CN(CCOc1ccc(F)cc1)c1ncc([N+](=O)[O-])c(NC2CC2)n1. The number of nitrogens with zero attached hydrogens (tertiary/aromatic N) is 4. The van der Waals surface area contributed by atoms with E-state index < -0.39 is 4.92 Å². The molecule has 8 nitrogen and oxygen atoms in total. The smallest absolute Gasteiger partial charge is 0.329 e. The van der Waals surface area contributed by atoms with E-state index in [0.29, 0.717) is 24.8 Å². The molecule has 1 aromatic carbocycles. The Morgan fingerprint density at radius 3 is 2.76 bits per heavy atom. The Bertz CT molecular complexity index is 752. The molecule has 25 heavy (non-hydrogen) atoms. The predicted octanol–water partition coefficient (Wildman–Crippen LogP) is 2.61. The number of anilines is 2. The lowest BCUT2D eigenvalue weighted by atomic mass is 10.3. The minimum absolute atomic E-state index is 0.133. The van der Waals surface area contributed by atoms with Crippen LogP contribution in [-0.4, -0.2) is 41.1 Å². The Balaban J connectivity index is 1.61. The number of benzene rings is 1. The number of likely N-dealkylation sites (N-methyl/N-ethyl adjacent to an activating group) is 1. The molecule has 0 aliphatic heterocycles. The first-order chi connectivity index (χ1) is 12.0. The Labute approximate surface area is 143 Å². The summed E-state index contributed by atoms with van der Waals surface area (Å²) >= 11 is 0. The van der Waals surface area contributed by atoms with Crippen LogP contribution < -0.4 is 15.0 Å². The molecule has 9 heteroatoms. The van der Waals surface area contributed by atoms with Crippen molar-refractivity contribution in [3.63, 3.8) is 0 Å². The van der Waals surface area contributed by atoms with Gasteiger partial charge in [-0.1, -0.05) is 0 Å². The number of aromatic nitrogens is 2. The summed E-state index contributed by atoms with van der Waals surface area (Å²) in [6.45, 7) is 0.811. The summed E-state index contributed by atoms with van der Waals surface area (Å²) in [5, 5.41) is 14.1. The first-order valence-electron chi connectivity index (χ1n) is 7.90. The lowest BCUT2D eigenvalue weighted by molar-refractivity contribution is -0.384. The molecule has 1 fully saturated rings. The fourth-order valence-corrected chi connectivity index (χ4v) is 2.14. The summed E-state index contributed by atoms with van der Waals surface area (Å²) in [4.78, 5) is 20.7. The van der Waals surface area contributed by atoms with Crippen molar-refractivity contribution in [2.24, 2.45) is 0 Å². The number of ether oxygens (including phenoxy) is 1. The molecule has 0 bridgehead atoms. The Kier molecular flexibility index (Phi) is 4.92. The second-order valence-electron chi connectivity index (χ2n) is 5.80. The third-order valence-electron chi connectivity index (χ3n) is 3.72. The van der Waals surface area contributed by atoms with Crippen molar-refractivity contribution in [1.29, 1.82) is 0 Å². The molecule has 2 aromatic rings. The van der Waals surface area contributed by atoms with Crippen molar-refractivity contribution in [3.8, 4) is 5.75 Å². The molecule has 1 heterocycles. The van der Waals surface area contributed by atoms with Gasteiger partial charge in [0, 0.05) is 13.1 Å². The van der Waals surface area contributed by atoms with Crippen LogP contribution in [0.2, 0.25) is 0 Å². The number of rotatable bonds is 8. The lowest BCUT2D eigenvalue weighted by Gasteiger charge is -2.18. The summed E-state index contributed by atoms with van der Waals surface area (Å²) < 4.78 is 18.4. The van der Waals surface area contributed by atoms with Crippen LogP contribution in [0.1, 0.15) is 12.8 Å². The third-order valence-corrected chi connectivity index (χ3v) is 3.72. The molecular weight excluding hydrogens is 329 g/mol. The van der Waals surface area contributed by atoms with Crippen molar-refractivity contribution < 1.29 is 14.1 Å². The molecule has 1 N–H and O–H groups in total. The molecule has 1 saturated carbocycles. The van der Waals surface area contributed by atoms with Crippen LogP contribution in [-0.2, 0) is 0 Å². The largest absolute Gasteiger partial charge is 0.492 e. The van der Waals surface area contributed by atoms with E-state index in [9.17, 15) is 14.5 Å².